The molecule has 2 N–H and O–H groups in total. The van der Waals surface area contributed by atoms with Crippen molar-refractivity contribution in [2.24, 2.45) is 5.41 Å². The zero-order valence-corrected chi connectivity index (χ0v) is 11.5. The fraction of sp³-hybridized carbons (Fsp3) is 1.00. The predicted molar refractivity (Wildman–Crippen MR) is 69.0 cm³/mol. The normalized spacial score (nSPS) is 19.5. The Morgan fingerprint density at radius 3 is 2.56 bits per heavy atom. The quantitative estimate of drug-likeness (QED) is 0.630. The van der Waals surface area contributed by atoms with Crippen molar-refractivity contribution in [2.75, 3.05) is 32.8 Å². The van der Waals surface area contributed by atoms with Gasteiger partial charge in [0.25, 0.3) is 6.43 Å². The predicted octanol–water partition coefficient (Wildman–Crippen LogP) is 1.71. The van der Waals surface area contributed by atoms with Crippen LogP contribution in [0.3, 0.4) is 0 Å². The SMILES string of the molecule is CCC(C)(CNC1CC1)CN(CCO)CC(F)F. The average Bonchev–Trinajstić information content (AvgIpc) is 3.10. The number of halogens is 2. The van der Waals surface area contributed by atoms with Gasteiger partial charge in [0.2, 0.25) is 0 Å². The van der Waals surface area contributed by atoms with Crippen molar-refractivity contribution >= 4 is 0 Å². The summed E-state index contributed by atoms with van der Waals surface area (Å²) in [6, 6.07) is 0.636. The number of nitrogens with zero attached hydrogens (tertiary/aromatic N) is 1. The van der Waals surface area contributed by atoms with Crippen molar-refractivity contribution in [3.8, 4) is 0 Å². The molecule has 108 valence electrons. The Morgan fingerprint density at radius 2 is 2.11 bits per heavy atom. The van der Waals surface area contributed by atoms with Crippen LogP contribution < -0.4 is 5.32 Å². The van der Waals surface area contributed by atoms with Crippen LogP contribution in [0.2, 0.25) is 0 Å². The van der Waals surface area contributed by atoms with Crippen molar-refractivity contribution in [2.45, 2.75) is 45.6 Å². The lowest BCUT2D eigenvalue weighted by molar-refractivity contribution is 0.0531. The van der Waals surface area contributed by atoms with Crippen LogP contribution in [0, 0.1) is 5.41 Å². The Morgan fingerprint density at radius 1 is 1.44 bits per heavy atom. The van der Waals surface area contributed by atoms with Gasteiger partial charge in [-0.3, -0.25) is 4.90 Å². The summed E-state index contributed by atoms with van der Waals surface area (Å²) in [6.07, 6.45) is 1.07. The molecular weight excluding hydrogens is 238 g/mol. The number of hydrogen-bond donors (Lipinski definition) is 2. The second kappa shape index (κ2) is 7.36. The van der Waals surface area contributed by atoms with Crippen LogP contribution in [0.15, 0.2) is 0 Å². The fourth-order valence-electron chi connectivity index (χ4n) is 2.08. The summed E-state index contributed by atoms with van der Waals surface area (Å²) >= 11 is 0. The molecule has 1 unspecified atom stereocenters. The fourth-order valence-corrected chi connectivity index (χ4v) is 2.08. The molecular formula is C13H26F2N2O. The van der Waals surface area contributed by atoms with Gasteiger partial charge in [-0.1, -0.05) is 13.8 Å². The average molecular weight is 264 g/mol. The summed E-state index contributed by atoms with van der Waals surface area (Å²) in [4.78, 5) is 1.67. The van der Waals surface area contributed by atoms with E-state index < -0.39 is 6.43 Å². The van der Waals surface area contributed by atoms with E-state index in [0.29, 0.717) is 19.1 Å². The molecule has 0 bridgehead atoms. The Kier molecular flexibility index (Phi) is 6.46. The molecule has 1 rings (SSSR count). The number of rotatable bonds is 10. The third kappa shape index (κ3) is 6.07. The van der Waals surface area contributed by atoms with Gasteiger partial charge in [0.15, 0.2) is 0 Å². The van der Waals surface area contributed by atoms with Crippen molar-refractivity contribution < 1.29 is 13.9 Å². The zero-order chi connectivity index (χ0) is 13.6. The van der Waals surface area contributed by atoms with E-state index in [2.05, 4.69) is 19.2 Å². The van der Waals surface area contributed by atoms with Crippen molar-refractivity contribution in [3.05, 3.63) is 0 Å². The molecule has 0 aromatic heterocycles. The summed E-state index contributed by atoms with van der Waals surface area (Å²) in [5, 5.41) is 12.4. The van der Waals surface area contributed by atoms with Gasteiger partial charge < -0.3 is 10.4 Å². The van der Waals surface area contributed by atoms with Gasteiger partial charge in [0, 0.05) is 25.7 Å². The highest BCUT2D eigenvalue weighted by molar-refractivity contribution is 4.86. The Balaban J connectivity index is 2.43. The second-order valence-electron chi connectivity index (χ2n) is 5.67. The van der Waals surface area contributed by atoms with Gasteiger partial charge in [-0.2, -0.15) is 0 Å². The molecule has 1 saturated carbocycles. The molecule has 0 amide bonds. The number of alkyl halides is 2. The van der Waals surface area contributed by atoms with E-state index >= 15 is 0 Å². The largest absolute Gasteiger partial charge is 0.395 e. The summed E-state index contributed by atoms with van der Waals surface area (Å²) in [7, 11) is 0. The van der Waals surface area contributed by atoms with Gasteiger partial charge in [-0.05, 0) is 24.7 Å². The molecule has 0 aromatic carbocycles. The monoisotopic (exact) mass is 264 g/mol. The number of hydrogen-bond acceptors (Lipinski definition) is 3. The van der Waals surface area contributed by atoms with Gasteiger partial charge in [-0.25, -0.2) is 8.78 Å². The molecule has 18 heavy (non-hydrogen) atoms. The van der Waals surface area contributed by atoms with E-state index in [-0.39, 0.29) is 18.6 Å². The third-order valence-electron chi connectivity index (χ3n) is 3.67. The number of nitrogens with one attached hydrogen (secondary N) is 1. The first kappa shape index (κ1) is 15.8. The minimum Gasteiger partial charge on any atom is -0.395 e. The van der Waals surface area contributed by atoms with Crippen molar-refractivity contribution in [1.29, 1.82) is 0 Å². The van der Waals surface area contributed by atoms with E-state index in [4.69, 9.17) is 5.11 Å². The van der Waals surface area contributed by atoms with Crippen LogP contribution in [-0.4, -0.2) is 55.3 Å². The molecule has 1 fully saturated rings. The smallest absolute Gasteiger partial charge is 0.251 e. The molecule has 1 atom stereocenters. The molecule has 3 nitrogen and oxygen atoms in total. The van der Waals surface area contributed by atoms with Crippen LogP contribution in [0.4, 0.5) is 8.78 Å². The Bertz CT molecular complexity index is 237. The Hall–Kier alpha value is -0.260. The summed E-state index contributed by atoms with van der Waals surface area (Å²) in [5.41, 5.74) is -0.00729. The summed E-state index contributed by atoms with van der Waals surface area (Å²) < 4.78 is 24.9. The lowest BCUT2D eigenvalue weighted by Crippen LogP contribution is -2.45. The van der Waals surface area contributed by atoms with Gasteiger partial charge >= 0.3 is 0 Å². The molecule has 0 radical (unpaired) electrons. The van der Waals surface area contributed by atoms with E-state index in [9.17, 15) is 8.78 Å². The van der Waals surface area contributed by atoms with Crippen LogP contribution in [0.1, 0.15) is 33.1 Å². The molecule has 1 aliphatic carbocycles. The van der Waals surface area contributed by atoms with Gasteiger partial charge in [-0.15, -0.1) is 0 Å². The highest BCUT2D eigenvalue weighted by Gasteiger charge is 2.29. The number of aliphatic hydroxyl groups is 1. The first-order valence-electron chi connectivity index (χ1n) is 6.84. The standard InChI is InChI=1S/C13H26F2N2O/c1-3-13(2,9-16-11-4-5-11)10-17(6-7-18)8-12(14)15/h11-12,16,18H,3-10H2,1-2H3. The highest BCUT2D eigenvalue weighted by Crippen LogP contribution is 2.25. The molecule has 0 aromatic rings. The maximum atomic E-state index is 12.5. The molecule has 0 saturated heterocycles. The molecule has 5 heteroatoms. The zero-order valence-electron chi connectivity index (χ0n) is 11.5. The molecule has 1 aliphatic rings. The maximum absolute atomic E-state index is 12.5. The van der Waals surface area contributed by atoms with Crippen LogP contribution in [0.5, 0.6) is 0 Å². The number of aliphatic hydroxyl groups excluding tert-OH is 1. The second-order valence-corrected chi connectivity index (χ2v) is 5.67. The van der Waals surface area contributed by atoms with E-state index in [1.807, 2.05) is 0 Å². The van der Waals surface area contributed by atoms with E-state index in [0.717, 1.165) is 13.0 Å². The van der Waals surface area contributed by atoms with Crippen LogP contribution in [0.25, 0.3) is 0 Å². The molecule has 0 aliphatic heterocycles. The lowest BCUT2D eigenvalue weighted by atomic mass is 9.86. The first-order valence-corrected chi connectivity index (χ1v) is 6.84. The van der Waals surface area contributed by atoms with Gasteiger partial charge in [0.1, 0.15) is 0 Å². The molecule has 0 spiro atoms. The summed E-state index contributed by atoms with van der Waals surface area (Å²) in [5.74, 6) is 0. The third-order valence-corrected chi connectivity index (χ3v) is 3.67. The summed E-state index contributed by atoms with van der Waals surface area (Å²) in [6.45, 7) is 5.69. The van der Waals surface area contributed by atoms with Crippen LogP contribution >= 0.6 is 0 Å². The lowest BCUT2D eigenvalue weighted by Gasteiger charge is -2.35. The van der Waals surface area contributed by atoms with Crippen molar-refractivity contribution in [1.82, 2.24) is 10.2 Å². The minimum atomic E-state index is -2.34. The van der Waals surface area contributed by atoms with E-state index in [1.165, 1.54) is 12.8 Å². The van der Waals surface area contributed by atoms with Crippen molar-refractivity contribution in [3.63, 3.8) is 0 Å². The maximum Gasteiger partial charge on any atom is 0.251 e. The highest BCUT2D eigenvalue weighted by atomic mass is 19.3. The topological polar surface area (TPSA) is 35.5 Å². The Labute approximate surface area is 109 Å². The molecule has 0 heterocycles. The van der Waals surface area contributed by atoms with Gasteiger partial charge in [0.05, 0.1) is 13.2 Å². The minimum absolute atomic E-state index is 0.00729. The van der Waals surface area contributed by atoms with Crippen LogP contribution in [-0.2, 0) is 0 Å². The van der Waals surface area contributed by atoms with E-state index in [1.54, 1.807) is 4.90 Å². The first-order chi connectivity index (χ1) is 8.49.